The van der Waals surface area contributed by atoms with E-state index in [9.17, 15) is 4.79 Å². The van der Waals surface area contributed by atoms with Crippen molar-refractivity contribution >= 4 is 10.9 Å². The lowest BCUT2D eigenvalue weighted by atomic mass is 10.2. The Morgan fingerprint density at radius 3 is 2.61 bits per heavy atom. The summed E-state index contributed by atoms with van der Waals surface area (Å²) in [5, 5.41) is 9.01. The van der Waals surface area contributed by atoms with Gasteiger partial charge in [-0.1, -0.05) is 0 Å². The van der Waals surface area contributed by atoms with Gasteiger partial charge in [-0.2, -0.15) is 5.26 Å². The van der Waals surface area contributed by atoms with Crippen LogP contribution < -0.4 is 15.0 Å². The van der Waals surface area contributed by atoms with Crippen LogP contribution in [0.2, 0.25) is 0 Å². The number of aromatic amines is 1. The van der Waals surface area contributed by atoms with Crippen molar-refractivity contribution in [3.63, 3.8) is 0 Å². The highest BCUT2D eigenvalue weighted by Gasteiger charge is 2.10. The Morgan fingerprint density at radius 1 is 1.33 bits per heavy atom. The van der Waals surface area contributed by atoms with Gasteiger partial charge in [0.05, 0.1) is 37.6 Å². The molecule has 0 unspecified atom stereocenters. The highest BCUT2D eigenvalue weighted by Crippen LogP contribution is 2.29. The van der Waals surface area contributed by atoms with Gasteiger partial charge in [0.25, 0.3) is 5.56 Å². The molecule has 0 spiro atoms. The van der Waals surface area contributed by atoms with Crippen molar-refractivity contribution in [2.45, 2.75) is 6.42 Å². The van der Waals surface area contributed by atoms with Crippen LogP contribution in [0.25, 0.3) is 10.9 Å². The maximum Gasteiger partial charge on any atom is 0.258 e. The Balaban J connectivity index is 2.73. The summed E-state index contributed by atoms with van der Waals surface area (Å²) in [6, 6.07) is 5.12. The monoisotopic (exact) mass is 245 g/mol. The first-order valence-corrected chi connectivity index (χ1v) is 5.21. The molecule has 0 radical (unpaired) electrons. The second-order valence-electron chi connectivity index (χ2n) is 3.57. The summed E-state index contributed by atoms with van der Waals surface area (Å²) in [4.78, 5) is 18.6. The molecule has 0 aliphatic carbocycles. The summed E-state index contributed by atoms with van der Waals surface area (Å²) < 4.78 is 10.3. The van der Waals surface area contributed by atoms with Crippen molar-refractivity contribution < 1.29 is 9.47 Å². The Labute approximate surface area is 103 Å². The first-order valence-electron chi connectivity index (χ1n) is 5.21. The predicted octanol–water partition coefficient (Wildman–Crippen LogP) is 1.01. The van der Waals surface area contributed by atoms with E-state index in [1.165, 1.54) is 14.2 Å². The molecule has 2 rings (SSSR count). The maximum absolute atomic E-state index is 11.8. The van der Waals surface area contributed by atoms with Crippen LogP contribution in [0.1, 0.15) is 5.82 Å². The molecule has 0 saturated carbocycles. The van der Waals surface area contributed by atoms with Gasteiger partial charge in [-0.25, -0.2) is 4.98 Å². The van der Waals surface area contributed by atoms with Gasteiger partial charge in [-0.3, -0.25) is 4.79 Å². The molecule has 18 heavy (non-hydrogen) atoms. The molecule has 92 valence electrons. The Hall–Kier alpha value is -2.55. The van der Waals surface area contributed by atoms with E-state index in [0.717, 1.165) is 0 Å². The van der Waals surface area contributed by atoms with E-state index >= 15 is 0 Å². The average molecular weight is 245 g/mol. The molecule has 1 heterocycles. The lowest BCUT2D eigenvalue weighted by Crippen LogP contribution is -2.12. The van der Waals surface area contributed by atoms with Crippen molar-refractivity contribution in [2.24, 2.45) is 0 Å². The fourth-order valence-corrected chi connectivity index (χ4v) is 1.67. The van der Waals surface area contributed by atoms with Gasteiger partial charge in [0.1, 0.15) is 5.82 Å². The quantitative estimate of drug-likeness (QED) is 0.871. The highest BCUT2D eigenvalue weighted by molar-refractivity contribution is 5.81. The molecule has 2 aromatic rings. The lowest BCUT2D eigenvalue weighted by Gasteiger charge is -2.08. The number of H-pyrrole nitrogens is 1. The largest absolute Gasteiger partial charge is 0.493 e. The SMILES string of the molecule is COc1cc2nc(CC#N)[nH]c(=O)c2cc1OC. The van der Waals surface area contributed by atoms with Crippen LogP contribution in [0.15, 0.2) is 16.9 Å². The highest BCUT2D eigenvalue weighted by atomic mass is 16.5. The first kappa shape index (κ1) is 11.9. The number of methoxy groups -OCH3 is 2. The van der Waals surface area contributed by atoms with Crippen molar-refractivity contribution in [2.75, 3.05) is 14.2 Å². The van der Waals surface area contributed by atoms with E-state index in [-0.39, 0.29) is 12.0 Å². The zero-order valence-electron chi connectivity index (χ0n) is 9.98. The van der Waals surface area contributed by atoms with Gasteiger partial charge in [-0.05, 0) is 6.07 Å². The molecule has 0 atom stereocenters. The third kappa shape index (κ3) is 1.98. The predicted molar refractivity (Wildman–Crippen MR) is 64.8 cm³/mol. The normalized spacial score (nSPS) is 10.1. The topological polar surface area (TPSA) is 88.0 Å². The summed E-state index contributed by atoms with van der Waals surface area (Å²) in [6.07, 6.45) is 0.0551. The lowest BCUT2D eigenvalue weighted by molar-refractivity contribution is 0.355. The molecular weight excluding hydrogens is 234 g/mol. The number of hydrogen-bond acceptors (Lipinski definition) is 5. The fourth-order valence-electron chi connectivity index (χ4n) is 1.67. The zero-order valence-corrected chi connectivity index (χ0v) is 9.98. The number of aromatic nitrogens is 2. The molecule has 6 nitrogen and oxygen atoms in total. The minimum Gasteiger partial charge on any atom is -0.493 e. The Morgan fingerprint density at radius 2 is 2.00 bits per heavy atom. The molecule has 1 aromatic heterocycles. The third-order valence-corrected chi connectivity index (χ3v) is 2.51. The van der Waals surface area contributed by atoms with Crippen molar-refractivity contribution in [3.05, 3.63) is 28.3 Å². The van der Waals surface area contributed by atoms with Crippen molar-refractivity contribution in [1.82, 2.24) is 9.97 Å². The minimum atomic E-state index is -0.300. The van der Waals surface area contributed by atoms with Gasteiger partial charge in [0.15, 0.2) is 11.5 Å². The van der Waals surface area contributed by atoms with Crippen LogP contribution in [0.5, 0.6) is 11.5 Å². The van der Waals surface area contributed by atoms with Crippen LogP contribution in [0.3, 0.4) is 0 Å². The van der Waals surface area contributed by atoms with E-state index in [2.05, 4.69) is 9.97 Å². The molecular formula is C12H11N3O3. The van der Waals surface area contributed by atoms with Crippen LogP contribution >= 0.6 is 0 Å². The van der Waals surface area contributed by atoms with E-state index in [1.807, 2.05) is 6.07 Å². The molecule has 6 heteroatoms. The summed E-state index contributed by atoms with van der Waals surface area (Å²) >= 11 is 0. The van der Waals surface area contributed by atoms with Gasteiger partial charge in [0, 0.05) is 6.07 Å². The summed E-state index contributed by atoms with van der Waals surface area (Å²) in [5.41, 5.74) is 0.174. The molecule has 0 aliphatic rings. The van der Waals surface area contributed by atoms with Crippen molar-refractivity contribution in [3.8, 4) is 17.6 Å². The van der Waals surface area contributed by atoms with Gasteiger partial charge in [0.2, 0.25) is 0 Å². The van der Waals surface area contributed by atoms with E-state index in [4.69, 9.17) is 14.7 Å². The summed E-state index contributed by atoms with van der Waals surface area (Å²) in [7, 11) is 3.00. The second kappa shape index (κ2) is 4.75. The second-order valence-corrected chi connectivity index (χ2v) is 3.57. The fraction of sp³-hybridized carbons (Fsp3) is 0.250. The van der Waals surface area contributed by atoms with Gasteiger partial charge < -0.3 is 14.5 Å². The zero-order chi connectivity index (χ0) is 13.1. The van der Waals surface area contributed by atoms with E-state index in [0.29, 0.717) is 28.2 Å². The Bertz CT molecular complexity index is 685. The molecule has 0 bridgehead atoms. The van der Waals surface area contributed by atoms with E-state index in [1.54, 1.807) is 12.1 Å². The van der Waals surface area contributed by atoms with Crippen LogP contribution in [-0.4, -0.2) is 24.2 Å². The van der Waals surface area contributed by atoms with Crippen molar-refractivity contribution in [1.29, 1.82) is 5.26 Å². The number of hydrogen-bond donors (Lipinski definition) is 1. The van der Waals surface area contributed by atoms with Crippen LogP contribution in [-0.2, 0) is 6.42 Å². The number of fused-ring (bicyclic) bond motifs is 1. The molecule has 0 amide bonds. The number of rotatable bonds is 3. The van der Waals surface area contributed by atoms with Gasteiger partial charge in [-0.15, -0.1) is 0 Å². The van der Waals surface area contributed by atoms with Crippen LogP contribution in [0.4, 0.5) is 0 Å². The van der Waals surface area contributed by atoms with Gasteiger partial charge >= 0.3 is 0 Å². The standard InChI is InChI=1S/C12H11N3O3/c1-17-9-5-7-8(6-10(9)18-2)14-11(3-4-13)15-12(7)16/h5-6H,3H2,1-2H3,(H,14,15,16). The molecule has 0 saturated heterocycles. The Kier molecular flexibility index (Phi) is 3.15. The van der Waals surface area contributed by atoms with Crippen LogP contribution in [0, 0.1) is 11.3 Å². The average Bonchev–Trinajstić information content (AvgIpc) is 2.37. The van der Waals surface area contributed by atoms with E-state index < -0.39 is 0 Å². The molecule has 0 fully saturated rings. The third-order valence-electron chi connectivity index (χ3n) is 2.51. The summed E-state index contributed by atoms with van der Waals surface area (Å²) in [5.74, 6) is 1.29. The first-order chi connectivity index (χ1) is 8.69. The number of ether oxygens (including phenoxy) is 2. The molecule has 0 aliphatic heterocycles. The molecule has 1 aromatic carbocycles. The number of benzene rings is 1. The number of nitrogens with zero attached hydrogens (tertiary/aromatic N) is 2. The summed E-state index contributed by atoms with van der Waals surface area (Å²) in [6.45, 7) is 0. The molecule has 1 N–H and O–H groups in total. The minimum absolute atomic E-state index is 0.0551. The smallest absolute Gasteiger partial charge is 0.258 e. The number of nitriles is 1. The maximum atomic E-state index is 11.8. The number of nitrogens with one attached hydrogen (secondary N) is 1.